The lowest BCUT2D eigenvalue weighted by Gasteiger charge is -2.31. The molecule has 2 rings (SSSR count). The van der Waals surface area contributed by atoms with Gasteiger partial charge in [-0.15, -0.1) is 0 Å². The minimum atomic E-state index is -3.26. The molecule has 0 fully saturated rings. The van der Waals surface area contributed by atoms with Crippen molar-refractivity contribution in [2.45, 2.75) is 25.9 Å². The van der Waals surface area contributed by atoms with E-state index < -0.39 is 10.0 Å². The average molecular weight is 330 g/mol. The largest absolute Gasteiger partial charge is 0.383 e. The van der Waals surface area contributed by atoms with Crippen LogP contribution in [-0.4, -0.2) is 61.2 Å². The van der Waals surface area contributed by atoms with Gasteiger partial charge in [0.25, 0.3) is 0 Å². The number of hydrogen-bond acceptors (Lipinski definition) is 5. The number of nitrogens with one attached hydrogen (secondary N) is 1. The van der Waals surface area contributed by atoms with Gasteiger partial charge in [-0.2, -0.15) is 4.31 Å². The second-order valence-electron chi connectivity index (χ2n) is 5.35. The van der Waals surface area contributed by atoms with E-state index in [4.69, 9.17) is 4.74 Å². The second-order valence-corrected chi connectivity index (χ2v) is 7.29. The van der Waals surface area contributed by atoms with Gasteiger partial charge in [-0.05, 0) is 6.92 Å². The summed E-state index contributed by atoms with van der Waals surface area (Å²) >= 11 is 0. The third-order valence-electron chi connectivity index (χ3n) is 3.62. The van der Waals surface area contributed by atoms with Gasteiger partial charge in [-0.1, -0.05) is 0 Å². The van der Waals surface area contributed by atoms with Crippen molar-refractivity contribution in [1.29, 1.82) is 0 Å². The molecule has 0 radical (unpaired) electrons. The number of sulfonamides is 1. The van der Waals surface area contributed by atoms with Crippen LogP contribution in [0.1, 0.15) is 24.5 Å². The maximum Gasteiger partial charge on any atom is 0.226 e. The predicted octanol–water partition coefficient (Wildman–Crippen LogP) is -0.476. The highest BCUT2D eigenvalue weighted by molar-refractivity contribution is 7.88. The number of methoxy groups -OCH3 is 1. The van der Waals surface area contributed by atoms with E-state index in [0.29, 0.717) is 37.8 Å². The summed E-state index contributed by atoms with van der Waals surface area (Å²) in [5, 5.41) is 2.74. The van der Waals surface area contributed by atoms with Gasteiger partial charge in [0.2, 0.25) is 15.9 Å². The van der Waals surface area contributed by atoms with Crippen LogP contribution in [0.2, 0.25) is 0 Å². The Kier molecular flexibility index (Phi) is 5.20. The summed E-state index contributed by atoms with van der Waals surface area (Å²) in [6.45, 7) is 3.70. The molecule has 1 atom stereocenters. The first-order valence-corrected chi connectivity index (χ1v) is 8.96. The van der Waals surface area contributed by atoms with Crippen LogP contribution in [0.25, 0.3) is 0 Å². The van der Waals surface area contributed by atoms with Crippen molar-refractivity contribution in [3.63, 3.8) is 0 Å². The first-order chi connectivity index (χ1) is 10.3. The third kappa shape index (κ3) is 3.84. The lowest BCUT2D eigenvalue weighted by Crippen LogP contribution is -2.40. The Morgan fingerprint density at radius 2 is 2.23 bits per heavy atom. The Bertz CT molecular complexity index is 640. The molecule has 1 aromatic rings. The fourth-order valence-electron chi connectivity index (χ4n) is 2.59. The zero-order valence-electron chi connectivity index (χ0n) is 13.1. The van der Waals surface area contributed by atoms with Gasteiger partial charge >= 0.3 is 0 Å². The standard InChI is InChI=1S/C13H22N4O4S/c1-10-13-15-11(8-12(18)14-4-7-21-2)9-16(13)5-6-17(10)22(3,19)20/h9-10H,4-8H2,1-3H3,(H,14,18)/t10-/m1/s1. The molecule has 1 aromatic heterocycles. The zero-order chi connectivity index (χ0) is 16.3. The number of amides is 1. The van der Waals surface area contributed by atoms with Crippen LogP contribution in [0, 0.1) is 0 Å². The van der Waals surface area contributed by atoms with E-state index in [1.54, 1.807) is 7.11 Å². The molecule has 0 aliphatic carbocycles. The first-order valence-electron chi connectivity index (χ1n) is 7.11. The number of carbonyl (C=O) groups excluding carboxylic acids is 1. The van der Waals surface area contributed by atoms with Gasteiger partial charge in [0.05, 0.1) is 31.0 Å². The number of imidazole rings is 1. The van der Waals surface area contributed by atoms with Crippen LogP contribution in [0.4, 0.5) is 0 Å². The molecule has 0 bridgehead atoms. The van der Waals surface area contributed by atoms with Crippen molar-refractivity contribution in [2.24, 2.45) is 0 Å². The Balaban J connectivity index is 2.06. The molecule has 1 aliphatic heterocycles. The van der Waals surface area contributed by atoms with Gasteiger partial charge in [0, 0.05) is 32.9 Å². The molecule has 22 heavy (non-hydrogen) atoms. The van der Waals surface area contributed by atoms with Gasteiger partial charge in [-0.25, -0.2) is 13.4 Å². The molecule has 1 N–H and O–H groups in total. The van der Waals surface area contributed by atoms with Gasteiger partial charge in [-0.3, -0.25) is 4.79 Å². The van der Waals surface area contributed by atoms with Crippen LogP contribution in [-0.2, 0) is 32.5 Å². The molecule has 0 unspecified atom stereocenters. The first kappa shape index (κ1) is 16.9. The number of carbonyl (C=O) groups is 1. The molecule has 8 nitrogen and oxygen atoms in total. The van der Waals surface area contributed by atoms with Crippen molar-refractivity contribution in [1.82, 2.24) is 19.2 Å². The molecule has 0 spiro atoms. The van der Waals surface area contributed by atoms with Crippen molar-refractivity contribution >= 4 is 15.9 Å². The van der Waals surface area contributed by atoms with Crippen LogP contribution in [0.5, 0.6) is 0 Å². The van der Waals surface area contributed by atoms with E-state index >= 15 is 0 Å². The Hall–Kier alpha value is -1.45. The van der Waals surface area contributed by atoms with E-state index in [9.17, 15) is 13.2 Å². The summed E-state index contributed by atoms with van der Waals surface area (Å²) < 4.78 is 31.7. The number of fused-ring (bicyclic) bond motifs is 1. The molecule has 0 saturated heterocycles. The monoisotopic (exact) mass is 330 g/mol. The summed E-state index contributed by atoms with van der Waals surface area (Å²) in [6, 6.07) is -0.325. The smallest absolute Gasteiger partial charge is 0.226 e. The summed E-state index contributed by atoms with van der Waals surface area (Å²) in [7, 11) is -1.69. The Labute approximate surface area is 130 Å². The van der Waals surface area contributed by atoms with Crippen LogP contribution >= 0.6 is 0 Å². The Morgan fingerprint density at radius 1 is 1.50 bits per heavy atom. The van der Waals surface area contributed by atoms with E-state index in [-0.39, 0.29) is 18.4 Å². The topological polar surface area (TPSA) is 93.5 Å². The molecular formula is C13H22N4O4S. The predicted molar refractivity (Wildman–Crippen MR) is 80.8 cm³/mol. The van der Waals surface area contributed by atoms with Crippen molar-refractivity contribution in [3.8, 4) is 0 Å². The molecule has 9 heteroatoms. The highest BCUT2D eigenvalue weighted by Crippen LogP contribution is 2.26. The fourth-order valence-corrected chi connectivity index (χ4v) is 3.67. The Morgan fingerprint density at radius 3 is 2.86 bits per heavy atom. The summed E-state index contributed by atoms with van der Waals surface area (Å²) in [4.78, 5) is 16.2. The van der Waals surface area contributed by atoms with Crippen molar-refractivity contribution in [2.75, 3.05) is 33.1 Å². The van der Waals surface area contributed by atoms with Crippen molar-refractivity contribution in [3.05, 3.63) is 17.7 Å². The molecule has 1 aliphatic rings. The van der Waals surface area contributed by atoms with Gasteiger partial charge in [0.15, 0.2) is 0 Å². The van der Waals surface area contributed by atoms with E-state index in [0.717, 1.165) is 0 Å². The SMILES string of the molecule is COCCNC(=O)Cc1cn2c(n1)[C@@H](C)N(S(C)(=O)=O)CC2. The maximum atomic E-state index is 11.8. The zero-order valence-corrected chi connectivity index (χ0v) is 13.9. The van der Waals surface area contributed by atoms with Gasteiger partial charge in [0.1, 0.15) is 5.82 Å². The highest BCUT2D eigenvalue weighted by atomic mass is 32.2. The van der Waals surface area contributed by atoms with Crippen LogP contribution in [0.3, 0.4) is 0 Å². The number of rotatable bonds is 6. The summed E-state index contributed by atoms with van der Waals surface area (Å²) in [6.07, 6.45) is 3.20. The van der Waals surface area contributed by atoms with E-state index in [1.807, 2.05) is 17.7 Å². The van der Waals surface area contributed by atoms with E-state index in [2.05, 4.69) is 10.3 Å². The molecule has 0 saturated carbocycles. The minimum Gasteiger partial charge on any atom is -0.383 e. The van der Waals surface area contributed by atoms with Gasteiger partial charge < -0.3 is 14.6 Å². The molecule has 124 valence electrons. The van der Waals surface area contributed by atoms with E-state index in [1.165, 1.54) is 10.6 Å². The molecular weight excluding hydrogens is 308 g/mol. The molecule has 0 aromatic carbocycles. The third-order valence-corrected chi connectivity index (χ3v) is 4.97. The molecule has 1 amide bonds. The summed E-state index contributed by atoms with van der Waals surface area (Å²) in [5.41, 5.74) is 0.645. The lowest BCUT2D eigenvalue weighted by molar-refractivity contribution is -0.120. The fraction of sp³-hybridized carbons (Fsp3) is 0.692. The quantitative estimate of drug-likeness (QED) is 0.712. The highest BCUT2D eigenvalue weighted by Gasteiger charge is 2.31. The van der Waals surface area contributed by atoms with Crippen LogP contribution in [0.15, 0.2) is 6.20 Å². The second kappa shape index (κ2) is 6.76. The van der Waals surface area contributed by atoms with Crippen molar-refractivity contribution < 1.29 is 17.9 Å². The maximum absolute atomic E-state index is 11.8. The number of hydrogen-bond donors (Lipinski definition) is 1. The minimum absolute atomic E-state index is 0.125. The number of aromatic nitrogens is 2. The average Bonchev–Trinajstić information content (AvgIpc) is 2.81. The number of ether oxygens (including phenoxy) is 1. The number of nitrogens with zero attached hydrogens (tertiary/aromatic N) is 3. The normalized spacial score (nSPS) is 19.0. The molecule has 2 heterocycles. The van der Waals surface area contributed by atoms with Crippen LogP contribution < -0.4 is 5.32 Å². The summed E-state index contributed by atoms with van der Waals surface area (Å²) in [5.74, 6) is 0.552. The lowest BCUT2D eigenvalue weighted by atomic mass is 10.2.